The Kier molecular flexibility index (Phi) is 6.01. The molecule has 1 atom stereocenters. The molecule has 1 unspecified atom stereocenters. The monoisotopic (exact) mass is 320 g/mol. The van der Waals surface area contributed by atoms with Crippen LogP contribution in [0.4, 0.5) is 0 Å². The lowest BCUT2D eigenvalue weighted by Gasteiger charge is -2.13. The maximum Gasteiger partial charge on any atom is 0.0847 e. The maximum atomic E-state index is 6.28. The van der Waals surface area contributed by atoms with Crippen LogP contribution >= 0.6 is 27.5 Å². The van der Waals surface area contributed by atoms with E-state index in [1.165, 1.54) is 12.1 Å². The summed E-state index contributed by atoms with van der Waals surface area (Å²) in [5.41, 5.74) is 2.14. The number of halogens is 2. The number of aromatic nitrogens is 2. The molecule has 0 spiro atoms. The van der Waals surface area contributed by atoms with E-state index in [4.69, 9.17) is 11.6 Å². The van der Waals surface area contributed by atoms with E-state index in [1.54, 1.807) is 0 Å². The van der Waals surface area contributed by atoms with Crippen LogP contribution in [0.1, 0.15) is 45.0 Å². The Morgan fingerprint density at radius 2 is 2.06 bits per heavy atom. The molecular weight excluding hydrogens is 300 g/mol. The normalized spacial score (nSPS) is 13.4. The molecule has 0 aliphatic rings. The third kappa shape index (κ3) is 3.99. The summed E-state index contributed by atoms with van der Waals surface area (Å²) in [5.74, 6) is 0.684. The predicted octanol–water partition coefficient (Wildman–Crippen LogP) is 4.61. The summed E-state index contributed by atoms with van der Waals surface area (Å²) in [6, 6.07) is 0. The fourth-order valence-corrected chi connectivity index (χ4v) is 2.46. The third-order valence-corrected chi connectivity index (χ3v) is 5.08. The first-order valence-electron chi connectivity index (χ1n) is 6.33. The molecule has 1 rings (SSSR count). The molecular formula is C13H22BrClN2. The van der Waals surface area contributed by atoms with E-state index in [9.17, 15) is 0 Å². The zero-order valence-corrected chi connectivity index (χ0v) is 13.5. The summed E-state index contributed by atoms with van der Waals surface area (Å²) in [6.45, 7) is 9.46. The van der Waals surface area contributed by atoms with Crippen LogP contribution in [0, 0.1) is 12.8 Å². The van der Waals surface area contributed by atoms with E-state index in [2.05, 4.69) is 41.8 Å². The first-order chi connectivity index (χ1) is 7.97. The number of hydrogen-bond donors (Lipinski definition) is 0. The molecule has 4 heteroatoms. The summed E-state index contributed by atoms with van der Waals surface area (Å²) in [5, 5.41) is 5.28. The summed E-state index contributed by atoms with van der Waals surface area (Å²) in [6.07, 6.45) is 3.35. The molecule has 1 aromatic heterocycles. The SMILES string of the molecule is CCn1nc(C)c(Cl)c1CCCC(Br)C(C)C. The van der Waals surface area contributed by atoms with Gasteiger partial charge in [0.25, 0.3) is 0 Å². The van der Waals surface area contributed by atoms with Crippen LogP contribution in [-0.2, 0) is 13.0 Å². The zero-order valence-electron chi connectivity index (χ0n) is 11.1. The van der Waals surface area contributed by atoms with Gasteiger partial charge in [0.1, 0.15) is 0 Å². The molecule has 17 heavy (non-hydrogen) atoms. The average molecular weight is 322 g/mol. The van der Waals surface area contributed by atoms with Gasteiger partial charge >= 0.3 is 0 Å². The largest absolute Gasteiger partial charge is 0.268 e. The van der Waals surface area contributed by atoms with E-state index >= 15 is 0 Å². The molecule has 0 amide bonds. The van der Waals surface area contributed by atoms with Crippen molar-refractivity contribution in [2.75, 3.05) is 0 Å². The van der Waals surface area contributed by atoms with Gasteiger partial charge in [0.2, 0.25) is 0 Å². The average Bonchev–Trinajstić information content (AvgIpc) is 2.56. The lowest BCUT2D eigenvalue weighted by atomic mass is 10.0. The van der Waals surface area contributed by atoms with Crippen LogP contribution in [-0.4, -0.2) is 14.6 Å². The summed E-state index contributed by atoms with van der Waals surface area (Å²) in [4.78, 5) is 0.598. The Morgan fingerprint density at radius 1 is 1.41 bits per heavy atom. The highest BCUT2D eigenvalue weighted by atomic mass is 79.9. The van der Waals surface area contributed by atoms with Gasteiger partial charge in [-0.05, 0) is 39.0 Å². The minimum Gasteiger partial charge on any atom is -0.268 e. The minimum atomic E-state index is 0.598. The van der Waals surface area contributed by atoms with Crippen LogP contribution in [0.2, 0.25) is 5.02 Å². The van der Waals surface area contributed by atoms with Crippen molar-refractivity contribution in [3.8, 4) is 0 Å². The molecule has 98 valence electrons. The lowest BCUT2D eigenvalue weighted by molar-refractivity contribution is 0.546. The van der Waals surface area contributed by atoms with E-state index in [1.807, 2.05) is 11.6 Å². The smallest absolute Gasteiger partial charge is 0.0847 e. The number of alkyl halides is 1. The second-order valence-electron chi connectivity index (χ2n) is 4.81. The highest BCUT2D eigenvalue weighted by Gasteiger charge is 2.14. The lowest BCUT2D eigenvalue weighted by Crippen LogP contribution is -2.08. The molecule has 2 nitrogen and oxygen atoms in total. The summed E-state index contributed by atoms with van der Waals surface area (Å²) in [7, 11) is 0. The molecule has 1 aromatic rings. The zero-order chi connectivity index (χ0) is 13.0. The van der Waals surface area contributed by atoms with E-state index in [-0.39, 0.29) is 0 Å². The second kappa shape index (κ2) is 6.79. The van der Waals surface area contributed by atoms with Crippen molar-refractivity contribution in [2.45, 2.75) is 58.3 Å². The molecule has 0 N–H and O–H groups in total. The van der Waals surface area contributed by atoms with Gasteiger partial charge in [-0.1, -0.05) is 41.4 Å². The maximum absolute atomic E-state index is 6.28. The topological polar surface area (TPSA) is 17.8 Å². The van der Waals surface area contributed by atoms with Crippen molar-refractivity contribution in [3.05, 3.63) is 16.4 Å². The first kappa shape index (κ1) is 15.0. The molecule has 0 saturated heterocycles. The standard InChI is InChI=1S/C13H22BrClN2/c1-5-17-12(13(15)10(4)16-17)8-6-7-11(14)9(2)3/h9,11H,5-8H2,1-4H3. The Bertz CT molecular complexity index is 361. The number of hydrogen-bond acceptors (Lipinski definition) is 1. The quantitative estimate of drug-likeness (QED) is 0.700. The van der Waals surface area contributed by atoms with Crippen molar-refractivity contribution in [3.63, 3.8) is 0 Å². The van der Waals surface area contributed by atoms with Gasteiger partial charge in [0.15, 0.2) is 0 Å². The van der Waals surface area contributed by atoms with Gasteiger partial charge in [-0.2, -0.15) is 5.10 Å². The van der Waals surface area contributed by atoms with Crippen LogP contribution in [0.5, 0.6) is 0 Å². The highest BCUT2D eigenvalue weighted by molar-refractivity contribution is 9.09. The summed E-state index contributed by atoms with van der Waals surface area (Å²) >= 11 is 10.00. The van der Waals surface area contributed by atoms with Crippen LogP contribution in [0.3, 0.4) is 0 Å². The van der Waals surface area contributed by atoms with Crippen molar-refractivity contribution in [1.82, 2.24) is 9.78 Å². The molecule has 1 heterocycles. The predicted molar refractivity (Wildman–Crippen MR) is 78.1 cm³/mol. The number of rotatable bonds is 6. The third-order valence-electron chi connectivity index (χ3n) is 3.07. The fourth-order valence-electron chi connectivity index (χ4n) is 1.91. The van der Waals surface area contributed by atoms with Crippen molar-refractivity contribution < 1.29 is 0 Å². The minimum absolute atomic E-state index is 0.598. The van der Waals surface area contributed by atoms with E-state index in [0.717, 1.165) is 30.1 Å². The van der Waals surface area contributed by atoms with Crippen molar-refractivity contribution in [2.24, 2.45) is 5.92 Å². The highest BCUT2D eigenvalue weighted by Crippen LogP contribution is 2.24. The van der Waals surface area contributed by atoms with Crippen molar-refractivity contribution in [1.29, 1.82) is 0 Å². The number of aryl methyl sites for hydroxylation is 2. The Labute approximate surface area is 118 Å². The molecule has 0 aromatic carbocycles. The van der Waals surface area contributed by atoms with Gasteiger partial charge in [0.05, 0.1) is 16.4 Å². The Balaban J connectivity index is 2.57. The fraction of sp³-hybridized carbons (Fsp3) is 0.769. The van der Waals surface area contributed by atoms with Crippen LogP contribution < -0.4 is 0 Å². The molecule has 0 aliphatic carbocycles. The molecule has 0 aliphatic heterocycles. The van der Waals surface area contributed by atoms with E-state index < -0.39 is 0 Å². The molecule has 0 bridgehead atoms. The first-order valence-corrected chi connectivity index (χ1v) is 7.62. The summed E-state index contributed by atoms with van der Waals surface area (Å²) < 4.78 is 2.02. The van der Waals surface area contributed by atoms with Gasteiger partial charge < -0.3 is 0 Å². The van der Waals surface area contributed by atoms with Crippen LogP contribution in [0.25, 0.3) is 0 Å². The number of nitrogens with zero attached hydrogens (tertiary/aromatic N) is 2. The molecule has 0 fully saturated rings. The Morgan fingerprint density at radius 3 is 2.59 bits per heavy atom. The van der Waals surface area contributed by atoms with Gasteiger partial charge in [-0.25, -0.2) is 0 Å². The van der Waals surface area contributed by atoms with Gasteiger partial charge in [-0.3, -0.25) is 4.68 Å². The van der Waals surface area contributed by atoms with Crippen LogP contribution in [0.15, 0.2) is 0 Å². The molecule has 0 radical (unpaired) electrons. The Hall–Kier alpha value is -0.0200. The second-order valence-corrected chi connectivity index (χ2v) is 6.37. The van der Waals surface area contributed by atoms with Gasteiger partial charge in [0, 0.05) is 11.4 Å². The van der Waals surface area contributed by atoms with E-state index in [0.29, 0.717) is 10.7 Å². The van der Waals surface area contributed by atoms with Gasteiger partial charge in [-0.15, -0.1) is 0 Å². The molecule has 0 saturated carbocycles. The van der Waals surface area contributed by atoms with Crippen molar-refractivity contribution >= 4 is 27.5 Å².